The smallest absolute Gasteiger partial charge is 0.147 e. The Hall–Kier alpha value is -3.27. The van der Waals surface area contributed by atoms with Crippen LogP contribution in [-0.4, -0.2) is 19.4 Å². The van der Waals surface area contributed by atoms with Gasteiger partial charge in [-0.05, 0) is 23.8 Å². The van der Waals surface area contributed by atoms with Crippen molar-refractivity contribution in [3.8, 4) is 11.3 Å². The van der Waals surface area contributed by atoms with Crippen LogP contribution in [0.25, 0.3) is 38.7 Å². The maximum atomic E-state index is 4.98. The van der Waals surface area contributed by atoms with E-state index in [1.807, 2.05) is 30.7 Å². The van der Waals surface area contributed by atoms with Gasteiger partial charge in [-0.1, -0.05) is 24.3 Å². The SMILES string of the molecule is c1ccc2c(c1)Cc1nc3c4ccncc4c4cccnc4n3c1-2. The molecule has 0 bridgehead atoms. The third-order valence-electron chi connectivity index (χ3n) is 4.93. The molecule has 0 saturated heterocycles. The highest BCUT2D eigenvalue weighted by molar-refractivity contribution is 6.11. The van der Waals surface area contributed by atoms with Gasteiger partial charge in [-0.25, -0.2) is 9.97 Å². The molecule has 0 spiro atoms. The second kappa shape index (κ2) is 4.17. The quantitative estimate of drug-likeness (QED) is 0.398. The highest BCUT2D eigenvalue weighted by Crippen LogP contribution is 2.40. The van der Waals surface area contributed by atoms with Crippen molar-refractivity contribution in [1.82, 2.24) is 19.4 Å². The van der Waals surface area contributed by atoms with E-state index in [-0.39, 0.29) is 0 Å². The summed E-state index contributed by atoms with van der Waals surface area (Å²) in [6.07, 6.45) is 6.47. The molecule has 4 heteroatoms. The second-order valence-electron chi connectivity index (χ2n) is 6.20. The summed E-state index contributed by atoms with van der Waals surface area (Å²) in [6, 6.07) is 14.7. The number of fused-ring (bicyclic) bond motifs is 10. The Kier molecular flexibility index (Phi) is 2.12. The van der Waals surface area contributed by atoms with Crippen LogP contribution in [0.1, 0.15) is 11.3 Å². The number of benzene rings is 1. The number of hydrogen-bond acceptors (Lipinski definition) is 3. The van der Waals surface area contributed by atoms with Crippen LogP contribution >= 0.6 is 0 Å². The molecule has 0 fully saturated rings. The van der Waals surface area contributed by atoms with Crippen LogP contribution in [0.3, 0.4) is 0 Å². The Morgan fingerprint density at radius 3 is 2.75 bits per heavy atom. The van der Waals surface area contributed by atoms with Crippen LogP contribution in [0.5, 0.6) is 0 Å². The maximum absolute atomic E-state index is 4.98. The molecule has 0 radical (unpaired) electrons. The zero-order valence-electron chi connectivity index (χ0n) is 12.8. The van der Waals surface area contributed by atoms with Crippen molar-refractivity contribution in [2.45, 2.75) is 6.42 Å². The molecule has 1 aliphatic rings. The van der Waals surface area contributed by atoms with Crippen molar-refractivity contribution >= 4 is 27.5 Å². The Morgan fingerprint density at radius 2 is 1.75 bits per heavy atom. The number of imidazole rings is 1. The van der Waals surface area contributed by atoms with E-state index in [1.54, 1.807) is 0 Å². The maximum Gasteiger partial charge on any atom is 0.147 e. The Morgan fingerprint density at radius 1 is 0.833 bits per heavy atom. The van der Waals surface area contributed by atoms with Crippen LogP contribution in [0.4, 0.5) is 0 Å². The number of hydrogen-bond donors (Lipinski definition) is 0. The predicted octanol–water partition coefficient (Wildman–Crippen LogP) is 4.00. The number of aromatic nitrogens is 4. The number of pyridine rings is 3. The van der Waals surface area contributed by atoms with Gasteiger partial charge >= 0.3 is 0 Å². The standard InChI is InChI=1S/C20H12N4/c1-2-5-13-12(4-1)10-17-18(13)24-19-14(6-3-8-22-19)16-11-21-9-7-15(16)20(24)23-17/h1-9,11H,10H2. The first-order chi connectivity index (χ1) is 11.9. The summed E-state index contributed by atoms with van der Waals surface area (Å²) in [4.78, 5) is 14.0. The highest BCUT2D eigenvalue weighted by atomic mass is 15.1. The molecular formula is C20H12N4. The van der Waals surface area contributed by atoms with Gasteiger partial charge in [0, 0.05) is 46.7 Å². The van der Waals surface area contributed by atoms with E-state index in [9.17, 15) is 0 Å². The second-order valence-corrected chi connectivity index (χ2v) is 6.20. The van der Waals surface area contributed by atoms with Gasteiger partial charge in [0.05, 0.1) is 11.4 Å². The molecule has 4 nitrogen and oxygen atoms in total. The minimum absolute atomic E-state index is 0.883. The van der Waals surface area contributed by atoms with E-state index < -0.39 is 0 Å². The molecule has 6 rings (SSSR count). The van der Waals surface area contributed by atoms with Gasteiger partial charge in [0.1, 0.15) is 11.3 Å². The fraction of sp³-hybridized carbons (Fsp3) is 0.0500. The average Bonchev–Trinajstić information content (AvgIpc) is 3.18. The summed E-state index contributed by atoms with van der Waals surface area (Å²) in [5, 5.41) is 3.33. The highest BCUT2D eigenvalue weighted by Gasteiger charge is 2.26. The first-order valence-corrected chi connectivity index (χ1v) is 8.02. The molecule has 4 heterocycles. The molecule has 0 unspecified atom stereocenters. The molecule has 0 saturated carbocycles. The van der Waals surface area contributed by atoms with Crippen molar-refractivity contribution in [3.05, 3.63) is 72.3 Å². The molecule has 112 valence electrons. The first-order valence-electron chi connectivity index (χ1n) is 8.02. The van der Waals surface area contributed by atoms with E-state index in [2.05, 4.69) is 44.7 Å². The summed E-state index contributed by atoms with van der Waals surface area (Å²) < 4.78 is 2.22. The molecule has 0 atom stereocenters. The minimum atomic E-state index is 0.883. The zero-order valence-corrected chi connectivity index (χ0v) is 12.8. The number of nitrogens with zero attached hydrogens (tertiary/aromatic N) is 4. The first kappa shape index (κ1) is 12.2. The van der Waals surface area contributed by atoms with E-state index in [0.717, 1.165) is 39.6 Å². The Balaban J connectivity index is 1.93. The average molecular weight is 308 g/mol. The summed E-state index contributed by atoms with van der Waals surface area (Å²) in [5.74, 6) is 0. The fourth-order valence-electron chi connectivity index (χ4n) is 3.93. The molecule has 24 heavy (non-hydrogen) atoms. The van der Waals surface area contributed by atoms with Crippen LogP contribution in [0.2, 0.25) is 0 Å². The summed E-state index contributed by atoms with van der Waals surface area (Å²) in [5.41, 5.74) is 6.83. The summed E-state index contributed by atoms with van der Waals surface area (Å²) >= 11 is 0. The van der Waals surface area contributed by atoms with Crippen molar-refractivity contribution in [2.24, 2.45) is 0 Å². The van der Waals surface area contributed by atoms with Gasteiger partial charge in [-0.15, -0.1) is 0 Å². The van der Waals surface area contributed by atoms with Crippen LogP contribution < -0.4 is 0 Å². The van der Waals surface area contributed by atoms with Gasteiger partial charge in [0.15, 0.2) is 0 Å². The van der Waals surface area contributed by atoms with Crippen molar-refractivity contribution < 1.29 is 0 Å². The number of rotatable bonds is 0. The van der Waals surface area contributed by atoms with E-state index >= 15 is 0 Å². The van der Waals surface area contributed by atoms with Crippen molar-refractivity contribution in [1.29, 1.82) is 0 Å². The van der Waals surface area contributed by atoms with Crippen LogP contribution in [-0.2, 0) is 6.42 Å². The topological polar surface area (TPSA) is 43.1 Å². The molecule has 0 aliphatic heterocycles. The molecule has 1 aromatic carbocycles. The summed E-state index contributed by atoms with van der Waals surface area (Å²) in [6.45, 7) is 0. The van der Waals surface area contributed by atoms with E-state index in [1.165, 1.54) is 16.8 Å². The Labute approximate surface area is 137 Å². The molecule has 4 aromatic heterocycles. The normalized spacial score (nSPS) is 12.8. The molecule has 0 N–H and O–H groups in total. The molecule has 5 aromatic rings. The third-order valence-corrected chi connectivity index (χ3v) is 4.93. The predicted molar refractivity (Wildman–Crippen MR) is 94.0 cm³/mol. The molecule has 1 aliphatic carbocycles. The van der Waals surface area contributed by atoms with Gasteiger partial charge in [0.25, 0.3) is 0 Å². The lowest BCUT2D eigenvalue weighted by Crippen LogP contribution is -1.96. The van der Waals surface area contributed by atoms with Crippen LogP contribution in [0, 0.1) is 0 Å². The van der Waals surface area contributed by atoms with Crippen LogP contribution in [0.15, 0.2) is 61.1 Å². The monoisotopic (exact) mass is 308 g/mol. The van der Waals surface area contributed by atoms with Gasteiger partial charge in [0.2, 0.25) is 0 Å². The molecular weight excluding hydrogens is 296 g/mol. The lowest BCUT2D eigenvalue weighted by atomic mass is 10.1. The third kappa shape index (κ3) is 1.36. The minimum Gasteiger partial charge on any atom is -0.275 e. The largest absolute Gasteiger partial charge is 0.275 e. The van der Waals surface area contributed by atoms with Gasteiger partial charge in [-0.3, -0.25) is 9.38 Å². The van der Waals surface area contributed by atoms with Gasteiger partial charge < -0.3 is 0 Å². The van der Waals surface area contributed by atoms with E-state index in [4.69, 9.17) is 4.98 Å². The molecule has 0 amide bonds. The lowest BCUT2D eigenvalue weighted by molar-refractivity contribution is 1.17. The van der Waals surface area contributed by atoms with Crippen molar-refractivity contribution in [3.63, 3.8) is 0 Å². The zero-order chi connectivity index (χ0) is 15.7. The van der Waals surface area contributed by atoms with E-state index in [0.29, 0.717) is 0 Å². The lowest BCUT2D eigenvalue weighted by Gasteiger charge is -2.09. The Bertz CT molecular complexity index is 1280. The fourth-order valence-corrected chi connectivity index (χ4v) is 3.93. The summed E-state index contributed by atoms with van der Waals surface area (Å²) in [7, 11) is 0. The van der Waals surface area contributed by atoms with Gasteiger partial charge in [-0.2, -0.15) is 0 Å². The van der Waals surface area contributed by atoms with Crippen molar-refractivity contribution in [2.75, 3.05) is 0 Å².